The number of ether oxygens (including phenoxy) is 1. The molecule has 1 aliphatic heterocycles. The highest BCUT2D eigenvalue weighted by Gasteiger charge is 2.20. The van der Waals surface area contributed by atoms with Crippen LogP contribution in [-0.4, -0.2) is 52.7 Å². The summed E-state index contributed by atoms with van der Waals surface area (Å²) >= 11 is 0. The number of aliphatic hydroxyl groups is 1. The van der Waals surface area contributed by atoms with Crippen LogP contribution in [0, 0.1) is 12.8 Å². The number of carbonyl (C=O) groups is 1. The molecular weight excluding hydrogens is 388 g/mol. The second-order valence-electron chi connectivity index (χ2n) is 8.81. The van der Waals surface area contributed by atoms with E-state index in [4.69, 9.17) is 4.74 Å². The minimum atomic E-state index is -0.535. The van der Waals surface area contributed by atoms with Gasteiger partial charge in [-0.05, 0) is 76.0 Å². The van der Waals surface area contributed by atoms with Gasteiger partial charge in [0.05, 0.1) is 5.52 Å². The number of hydrogen-bond acceptors (Lipinski definition) is 4. The molecule has 0 saturated carbocycles. The molecule has 0 radical (unpaired) electrons. The van der Waals surface area contributed by atoms with E-state index in [-0.39, 0.29) is 12.4 Å². The van der Waals surface area contributed by atoms with Crippen LogP contribution in [0.2, 0.25) is 0 Å². The molecule has 0 spiro atoms. The van der Waals surface area contributed by atoms with Crippen LogP contribution in [0.5, 0.6) is 5.75 Å². The van der Waals surface area contributed by atoms with Gasteiger partial charge in [-0.3, -0.25) is 4.79 Å². The fourth-order valence-corrected chi connectivity index (χ4v) is 4.63. The number of benzene rings is 2. The van der Waals surface area contributed by atoms with Gasteiger partial charge in [0.25, 0.3) is 0 Å². The fraction of sp³-hybridized carbons (Fsp3) is 0.423. The summed E-state index contributed by atoms with van der Waals surface area (Å²) in [6.07, 6.45) is 1.85. The number of para-hydroxylation sites is 1. The van der Waals surface area contributed by atoms with Crippen LogP contribution in [0.15, 0.2) is 48.5 Å². The number of fused-ring (bicyclic) bond motifs is 1. The van der Waals surface area contributed by atoms with Crippen molar-refractivity contribution < 1.29 is 14.6 Å². The van der Waals surface area contributed by atoms with Gasteiger partial charge in [0.1, 0.15) is 18.5 Å². The highest BCUT2D eigenvalue weighted by atomic mass is 16.5. The number of nitrogens with zero attached hydrogens (tertiary/aromatic N) is 2. The van der Waals surface area contributed by atoms with E-state index in [2.05, 4.69) is 16.4 Å². The SMILES string of the molecule is CC(=O)c1c(C)n(-c2ccccc2)c2ccc(OC[C@H](O)CN3CCC(C)CC3)cc12. The number of hydrogen-bond donors (Lipinski definition) is 1. The minimum absolute atomic E-state index is 0.0358. The Kier molecular flexibility index (Phi) is 6.44. The van der Waals surface area contributed by atoms with Crippen LogP contribution in [-0.2, 0) is 0 Å². The smallest absolute Gasteiger partial charge is 0.162 e. The van der Waals surface area contributed by atoms with E-state index in [1.54, 1.807) is 6.92 Å². The summed E-state index contributed by atoms with van der Waals surface area (Å²) in [6, 6.07) is 15.9. The third-order valence-corrected chi connectivity index (χ3v) is 6.33. The zero-order valence-corrected chi connectivity index (χ0v) is 18.7. The maximum Gasteiger partial charge on any atom is 0.162 e. The third kappa shape index (κ3) is 4.68. The van der Waals surface area contributed by atoms with Gasteiger partial charge in [0, 0.05) is 28.9 Å². The van der Waals surface area contributed by atoms with E-state index in [1.807, 2.05) is 55.5 Å². The average molecular weight is 421 g/mol. The summed E-state index contributed by atoms with van der Waals surface area (Å²) in [5, 5.41) is 11.3. The van der Waals surface area contributed by atoms with Crippen molar-refractivity contribution in [1.82, 2.24) is 9.47 Å². The van der Waals surface area contributed by atoms with Crippen LogP contribution in [0.25, 0.3) is 16.6 Å². The highest BCUT2D eigenvalue weighted by molar-refractivity contribution is 6.09. The quantitative estimate of drug-likeness (QED) is 0.567. The van der Waals surface area contributed by atoms with E-state index in [0.29, 0.717) is 17.9 Å². The summed E-state index contributed by atoms with van der Waals surface area (Å²) in [5.41, 5.74) is 3.64. The number of rotatable bonds is 7. The van der Waals surface area contributed by atoms with Crippen LogP contribution in [0.1, 0.15) is 42.7 Å². The Morgan fingerprint density at radius 2 is 1.87 bits per heavy atom. The average Bonchev–Trinajstić information content (AvgIpc) is 3.05. The maximum atomic E-state index is 12.4. The predicted octanol–water partition coefficient (Wildman–Crippen LogP) is 4.61. The van der Waals surface area contributed by atoms with E-state index in [0.717, 1.165) is 41.3 Å². The normalized spacial score (nSPS) is 16.5. The Morgan fingerprint density at radius 1 is 1.16 bits per heavy atom. The molecule has 0 amide bonds. The molecule has 164 valence electrons. The number of aliphatic hydroxyl groups excluding tert-OH is 1. The number of Topliss-reactive ketones (excluding diaryl/α,β-unsaturated/α-hetero) is 1. The summed E-state index contributed by atoms with van der Waals surface area (Å²) in [5.74, 6) is 1.48. The number of piperidine rings is 1. The highest BCUT2D eigenvalue weighted by Crippen LogP contribution is 2.32. The molecular formula is C26H32N2O3. The lowest BCUT2D eigenvalue weighted by Crippen LogP contribution is -2.40. The second-order valence-corrected chi connectivity index (χ2v) is 8.81. The van der Waals surface area contributed by atoms with Gasteiger partial charge in [-0.15, -0.1) is 0 Å². The molecule has 1 fully saturated rings. The Bertz CT molecular complexity index is 1050. The van der Waals surface area contributed by atoms with Gasteiger partial charge in [-0.2, -0.15) is 0 Å². The molecule has 1 aliphatic rings. The Balaban J connectivity index is 1.54. The zero-order valence-electron chi connectivity index (χ0n) is 18.7. The summed E-state index contributed by atoms with van der Waals surface area (Å²) in [7, 11) is 0. The van der Waals surface area contributed by atoms with Gasteiger partial charge in [-0.1, -0.05) is 25.1 Å². The first-order valence-electron chi connectivity index (χ1n) is 11.2. The van der Waals surface area contributed by atoms with E-state index >= 15 is 0 Å². The minimum Gasteiger partial charge on any atom is -0.491 e. The Labute approximate surface area is 184 Å². The first-order valence-corrected chi connectivity index (χ1v) is 11.2. The summed E-state index contributed by atoms with van der Waals surface area (Å²) < 4.78 is 8.04. The topological polar surface area (TPSA) is 54.7 Å². The van der Waals surface area contributed by atoms with Gasteiger partial charge in [0.15, 0.2) is 5.78 Å². The number of carbonyl (C=O) groups excluding carboxylic acids is 1. The molecule has 1 N–H and O–H groups in total. The molecule has 0 unspecified atom stereocenters. The standard InChI is InChI=1S/C26H32N2O3/c1-18-11-13-27(14-12-18)16-22(30)17-31-23-9-10-25-24(15-23)26(20(3)29)19(2)28(25)21-7-5-4-6-8-21/h4-10,15,18,22,30H,11-14,16-17H2,1-3H3/t22-/m1/s1. The molecule has 5 nitrogen and oxygen atoms in total. The van der Waals surface area contributed by atoms with Gasteiger partial charge in [0.2, 0.25) is 0 Å². The van der Waals surface area contributed by atoms with Gasteiger partial charge >= 0.3 is 0 Å². The van der Waals surface area contributed by atoms with Crippen LogP contribution in [0.3, 0.4) is 0 Å². The molecule has 2 heterocycles. The van der Waals surface area contributed by atoms with Gasteiger partial charge in [-0.25, -0.2) is 0 Å². The molecule has 1 aromatic heterocycles. The Morgan fingerprint density at radius 3 is 2.55 bits per heavy atom. The van der Waals surface area contributed by atoms with Crippen molar-refractivity contribution in [3.8, 4) is 11.4 Å². The molecule has 4 rings (SSSR count). The van der Waals surface area contributed by atoms with Crippen molar-refractivity contribution in [2.24, 2.45) is 5.92 Å². The third-order valence-electron chi connectivity index (χ3n) is 6.33. The van der Waals surface area contributed by atoms with Crippen molar-refractivity contribution >= 4 is 16.7 Å². The monoisotopic (exact) mass is 420 g/mol. The molecule has 1 atom stereocenters. The van der Waals surface area contributed by atoms with Crippen LogP contribution >= 0.6 is 0 Å². The van der Waals surface area contributed by atoms with Crippen molar-refractivity contribution in [1.29, 1.82) is 0 Å². The molecule has 2 aromatic carbocycles. The van der Waals surface area contributed by atoms with Crippen molar-refractivity contribution in [2.75, 3.05) is 26.2 Å². The zero-order chi connectivity index (χ0) is 22.0. The first kappa shape index (κ1) is 21.6. The van der Waals surface area contributed by atoms with E-state index in [1.165, 1.54) is 12.8 Å². The van der Waals surface area contributed by atoms with E-state index in [9.17, 15) is 9.90 Å². The molecule has 1 saturated heterocycles. The van der Waals surface area contributed by atoms with Gasteiger partial charge < -0.3 is 19.3 Å². The van der Waals surface area contributed by atoms with Crippen LogP contribution in [0.4, 0.5) is 0 Å². The van der Waals surface area contributed by atoms with E-state index < -0.39 is 6.10 Å². The molecule has 31 heavy (non-hydrogen) atoms. The number of β-amino-alcohol motifs (C(OH)–C–C–N with tert-alkyl or cyclic N) is 1. The number of likely N-dealkylation sites (tertiary alicyclic amines) is 1. The van der Waals surface area contributed by atoms with Crippen molar-refractivity contribution in [3.63, 3.8) is 0 Å². The lowest BCUT2D eigenvalue weighted by molar-refractivity contribution is 0.0563. The summed E-state index contributed by atoms with van der Waals surface area (Å²) in [4.78, 5) is 14.8. The molecule has 0 bridgehead atoms. The molecule has 3 aromatic rings. The van der Waals surface area contributed by atoms with Crippen molar-refractivity contribution in [3.05, 3.63) is 59.8 Å². The lowest BCUT2D eigenvalue weighted by atomic mass is 9.99. The second kappa shape index (κ2) is 9.25. The Hall–Kier alpha value is -2.63. The number of aromatic nitrogens is 1. The largest absolute Gasteiger partial charge is 0.491 e. The molecule has 5 heteroatoms. The fourth-order valence-electron chi connectivity index (χ4n) is 4.63. The predicted molar refractivity (Wildman–Crippen MR) is 124 cm³/mol. The molecule has 0 aliphatic carbocycles. The van der Waals surface area contributed by atoms with Crippen molar-refractivity contribution in [2.45, 2.75) is 39.7 Å². The number of ketones is 1. The maximum absolute atomic E-state index is 12.4. The lowest BCUT2D eigenvalue weighted by Gasteiger charge is -2.31. The van der Waals surface area contributed by atoms with Crippen LogP contribution < -0.4 is 4.74 Å². The first-order chi connectivity index (χ1) is 14.9. The summed E-state index contributed by atoms with van der Waals surface area (Å²) in [6.45, 7) is 8.83.